The van der Waals surface area contributed by atoms with Crippen molar-refractivity contribution < 1.29 is 32.7 Å². The predicted molar refractivity (Wildman–Crippen MR) is 74.2 cm³/mol. The van der Waals surface area contributed by atoms with Gasteiger partial charge in [-0.15, -0.1) is 12.8 Å². The summed E-state index contributed by atoms with van der Waals surface area (Å²) in [7, 11) is -2.42. The maximum absolute atomic E-state index is 12.0. The van der Waals surface area contributed by atoms with E-state index >= 15 is 0 Å². The molecule has 0 aliphatic heterocycles. The molecule has 0 bridgehead atoms. The van der Waals surface area contributed by atoms with Crippen molar-refractivity contribution in [1.82, 2.24) is 0 Å². The second kappa shape index (κ2) is 8.49. The number of terminal acetylenes is 2. The van der Waals surface area contributed by atoms with E-state index in [1.165, 1.54) is 6.92 Å². The van der Waals surface area contributed by atoms with Gasteiger partial charge in [0.1, 0.15) is 0 Å². The van der Waals surface area contributed by atoms with Crippen LogP contribution in [0.3, 0.4) is 0 Å². The highest BCUT2D eigenvalue weighted by Gasteiger charge is 2.44. The Morgan fingerprint density at radius 3 is 2.19 bits per heavy atom. The third-order valence-corrected chi connectivity index (χ3v) is 3.61. The van der Waals surface area contributed by atoms with Crippen LogP contribution in [0.2, 0.25) is 0 Å². The summed E-state index contributed by atoms with van der Waals surface area (Å²) in [5.74, 6) is 2.42. The normalized spacial score (nSPS) is 15.7. The Hall–Kier alpha value is -1.79. The Balaban J connectivity index is 5.13. The molecule has 0 radical (unpaired) electrons. The SMILES string of the molecule is C#CCOC(=O)CC(C)(OP(C)(=O)OC)C(=O)OCC#C. The van der Waals surface area contributed by atoms with Crippen LogP contribution in [0.5, 0.6) is 0 Å². The molecule has 0 N–H and O–H groups in total. The summed E-state index contributed by atoms with van der Waals surface area (Å²) >= 11 is 0. The second-order valence-corrected chi connectivity index (χ2v) is 6.19. The van der Waals surface area contributed by atoms with Crippen molar-refractivity contribution in [3.8, 4) is 24.7 Å². The molecule has 2 atom stereocenters. The highest BCUT2D eigenvalue weighted by Crippen LogP contribution is 2.48. The topological polar surface area (TPSA) is 88.1 Å². The number of ether oxygens (including phenoxy) is 2. The van der Waals surface area contributed by atoms with Gasteiger partial charge in [0, 0.05) is 13.8 Å². The summed E-state index contributed by atoms with van der Waals surface area (Å²) in [4.78, 5) is 23.6. The zero-order valence-electron chi connectivity index (χ0n) is 12.1. The van der Waals surface area contributed by atoms with E-state index in [2.05, 4.69) is 21.1 Å². The first-order valence-corrected chi connectivity index (χ1v) is 7.73. The lowest BCUT2D eigenvalue weighted by Crippen LogP contribution is -2.41. The van der Waals surface area contributed by atoms with Crippen LogP contribution in [0.15, 0.2) is 0 Å². The van der Waals surface area contributed by atoms with E-state index in [9.17, 15) is 14.2 Å². The van der Waals surface area contributed by atoms with Crippen molar-refractivity contribution in [2.45, 2.75) is 18.9 Å². The Morgan fingerprint density at radius 1 is 1.19 bits per heavy atom. The fraction of sp³-hybridized carbons (Fsp3) is 0.538. The Labute approximate surface area is 123 Å². The van der Waals surface area contributed by atoms with Crippen LogP contribution in [0, 0.1) is 24.7 Å². The van der Waals surface area contributed by atoms with Crippen LogP contribution >= 0.6 is 7.60 Å². The fourth-order valence-electron chi connectivity index (χ4n) is 1.25. The minimum absolute atomic E-state index is 0.262. The molecule has 0 saturated heterocycles. The van der Waals surface area contributed by atoms with Crippen LogP contribution < -0.4 is 0 Å². The highest BCUT2D eigenvalue weighted by molar-refractivity contribution is 7.53. The number of hydrogen-bond acceptors (Lipinski definition) is 7. The van der Waals surface area contributed by atoms with E-state index < -0.39 is 31.6 Å². The van der Waals surface area contributed by atoms with Gasteiger partial charge in [-0.25, -0.2) is 4.79 Å². The van der Waals surface area contributed by atoms with E-state index in [1.807, 2.05) is 0 Å². The highest BCUT2D eigenvalue weighted by atomic mass is 31.2. The van der Waals surface area contributed by atoms with Crippen molar-refractivity contribution in [3.05, 3.63) is 0 Å². The molecule has 2 unspecified atom stereocenters. The standard InChI is InChI=1S/C13H17O7P/c1-6-8-18-11(14)10-13(3,12(15)19-9-7-2)20-21(5,16)17-4/h1-2H,8-10H2,3-5H3. The molecule has 0 fully saturated rings. The Kier molecular flexibility index (Phi) is 7.76. The van der Waals surface area contributed by atoms with Crippen molar-refractivity contribution in [1.29, 1.82) is 0 Å². The van der Waals surface area contributed by atoms with Gasteiger partial charge in [0.25, 0.3) is 0 Å². The zero-order valence-corrected chi connectivity index (χ0v) is 13.0. The minimum Gasteiger partial charge on any atom is -0.452 e. The molecule has 0 aliphatic rings. The lowest BCUT2D eigenvalue weighted by atomic mass is 10.0. The molecule has 0 aromatic rings. The lowest BCUT2D eigenvalue weighted by molar-refractivity contribution is -0.166. The maximum Gasteiger partial charge on any atom is 0.340 e. The Bertz CT molecular complexity index is 514. The third-order valence-electron chi connectivity index (χ3n) is 2.22. The molecular weight excluding hydrogens is 299 g/mol. The zero-order chi connectivity index (χ0) is 16.5. The molecule has 0 aromatic heterocycles. The van der Waals surface area contributed by atoms with E-state index in [1.54, 1.807) is 0 Å². The van der Waals surface area contributed by atoms with Gasteiger partial charge in [-0.3, -0.25) is 13.9 Å². The van der Waals surface area contributed by atoms with Crippen molar-refractivity contribution in [3.63, 3.8) is 0 Å². The number of carbonyl (C=O) groups excluding carboxylic acids is 2. The minimum atomic E-state index is -3.56. The summed E-state index contributed by atoms with van der Waals surface area (Å²) in [5.41, 5.74) is -1.87. The van der Waals surface area contributed by atoms with Crippen LogP contribution in [0.25, 0.3) is 0 Å². The third kappa shape index (κ3) is 6.97. The second-order valence-electron chi connectivity index (χ2n) is 4.10. The first kappa shape index (κ1) is 19.2. The van der Waals surface area contributed by atoms with Crippen molar-refractivity contribution in [2.75, 3.05) is 27.0 Å². The first-order valence-electron chi connectivity index (χ1n) is 5.74. The summed E-state index contributed by atoms with van der Waals surface area (Å²) in [6.45, 7) is 1.78. The predicted octanol–water partition coefficient (Wildman–Crippen LogP) is 0.974. The van der Waals surface area contributed by atoms with Crippen LogP contribution in [0.4, 0.5) is 0 Å². The van der Waals surface area contributed by atoms with Crippen molar-refractivity contribution >= 4 is 19.5 Å². The summed E-state index contributed by atoms with van der Waals surface area (Å²) in [6.07, 6.45) is 9.38. The number of rotatable bonds is 8. The van der Waals surface area contributed by atoms with Crippen LogP contribution in [0.1, 0.15) is 13.3 Å². The molecule has 0 rings (SSSR count). The van der Waals surface area contributed by atoms with Gasteiger partial charge in [-0.05, 0) is 6.92 Å². The van der Waals surface area contributed by atoms with Gasteiger partial charge < -0.3 is 14.0 Å². The molecule has 8 heteroatoms. The van der Waals surface area contributed by atoms with Crippen molar-refractivity contribution in [2.24, 2.45) is 0 Å². The maximum atomic E-state index is 12.0. The summed E-state index contributed by atoms with van der Waals surface area (Å²) < 4.78 is 31.1. The van der Waals surface area contributed by atoms with Gasteiger partial charge in [-0.1, -0.05) is 11.8 Å². The largest absolute Gasteiger partial charge is 0.452 e. The molecule has 116 valence electrons. The molecule has 7 nitrogen and oxygen atoms in total. The smallest absolute Gasteiger partial charge is 0.340 e. The fourth-order valence-corrected chi connectivity index (χ4v) is 2.20. The molecule has 0 amide bonds. The van der Waals surface area contributed by atoms with Crippen LogP contribution in [-0.4, -0.2) is 44.5 Å². The molecule has 0 heterocycles. The van der Waals surface area contributed by atoms with Gasteiger partial charge in [-0.2, -0.15) is 0 Å². The van der Waals surface area contributed by atoms with Gasteiger partial charge in [0.2, 0.25) is 0 Å². The van der Waals surface area contributed by atoms with E-state index in [0.29, 0.717) is 0 Å². The monoisotopic (exact) mass is 316 g/mol. The quantitative estimate of drug-likeness (QED) is 0.374. The summed E-state index contributed by atoms with van der Waals surface area (Å²) in [6, 6.07) is 0. The van der Waals surface area contributed by atoms with Gasteiger partial charge in [0.15, 0.2) is 18.8 Å². The molecule has 0 aliphatic carbocycles. The van der Waals surface area contributed by atoms with E-state index in [0.717, 1.165) is 13.8 Å². The molecular formula is C13H17O7P. The summed E-state index contributed by atoms with van der Waals surface area (Å²) in [5, 5.41) is 0. The average Bonchev–Trinajstić information content (AvgIpc) is 2.41. The average molecular weight is 316 g/mol. The van der Waals surface area contributed by atoms with Gasteiger partial charge >= 0.3 is 19.5 Å². The van der Waals surface area contributed by atoms with Crippen LogP contribution in [-0.2, 0) is 32.7 Å². The van der Waals surface area contributed by atoms with Gasteiger partial charge in [0.05, 0.1) is 6.42 Å². The molecule has 0 spiro atoms. The number of esters is 2. The van der Waals surface area contributed by atoms with E-state index in [-0.39, 0.29) is 13.2 Å². The number of hydrogen-bond donors (Lipinski definition) is 0. The lowest BCUT2D eigenvalue weighted by Gasteiger charge is -2.28. The molecule has 0 saturated carbocycles. The Morgan fingerprint density at radius 2 is 1.71 bits per heavy atom. The first-order chi connectivity index (χ1) is 9.70. The molecule has 21 heavy (non-hydrogen) atoms. The number of carbonyl (C=O) groups is 2. The van der Waals surface area contributed by atoms with E-state index in [4.69, 9.17) is 22.1 Å². The molecule has 0 aromatic carbocycles.